The molecule has 0 radical (unpaired) electrons. The number of carbonyl (C=O) groups is 2. The molecule has 0 spiro atoms. The van der Waals surface area contributed by atoms with Crippen molar-refractivity contribution in [2.75, 3.05) is 4.90 Å². The van der Waals surface area contributed by atoms with Crippen molar-refractivity contribution in [3.05, 3.63) is 28.7 Å². The van der Waals surface area contributed by atoms with E-state index in [4.69, 9.17) is 0 Å². The summed E-state index contributed by atoms with van der Waals surface area (Å²) in [4.78, 5) is 26.0. The van der Waals surface area contributed by atoms with Crippen molar-refractivity contribution in [2.24, 2.45) is 11.3 Å². The number of carbonyl (C=O) groups excluding carboxylic acids is 2. The monoisotopic (exact) mass is 309 g/mol. The van der Waals surface area contributed by atoms with Gasteiger partial charge in [-0.25, -0.2) is 4.90 Å². The summed E-state index contributed by atoms with van der Waals surface area (Å²) >= 11 is 3.39. The van der Waals surface area contributed by atoms with Crippen LogP contribution in [0.2, 0.25) is 0 Å². The van der Waals surface area contributed by atoms with Gasteiger partial charge < -0.3 is 0 Å². The molecule has 0 N–H and O–H groups in total. The van der Waals surface area contributed by atoms with Crippen LogP contribution in [0.1, 0.15) is 27.2 Å². The number of nitrogens with zero attached hydrogens (tertiary/aromatic N) is 1. The normalized spacial score (nSPS) is 24.2. The van der Waals surface area contributed by atoms with Gasteiger partial charge in [-0.05, 0) is 40.9 Å². The van der Waals surface area contributed by atoms with Crippen LogP contribution in [0.15, 0.2) is 28.7 Å². The highest BCUT2D eigenvalue weighted by molar-refractivity contribution is 9.10. The first-order valence-electron chi connectivity index (χ1n) is 6.00. The Morgan fingerprint density at radius 1 is 1.28 bits per heavy atom. The van der Waals surface area contributed by atoms with E-state index in [1.165, 1.54) is 4.90 Å². The number of amides is 2. The molecular formula is C14H16BrNO2. The SMILES string of the molecule is CC(C)C1(C)CC(=O)N(c2ccccc2Br)C1=O. The van der Waals surface area contributed by atoms with Gasteiger partial charge >= 0.3 is 0 Å². The number of halogens is 1. The fourth-order valence-corrected chi connectivity index (χ4v) is 2.63. The van der Waals surface area contributed by atoms with Gasteiger partial charge in [-0.2, -0.15) is 0 Å². The zero-order valence-corrected chi connectivity index (χ0v) is 12.3. The Kier molecular flexibility index (Phi) is 3.32. The van der Waals surface area contributed by atoms with Crippen LogP contribution in [0.5, 0.6) is 0 Å². The molecule has 4 heteroatoms. The molecule has 1 aliphatic heterocycles. The Morgan fingerprint density at radius 3 is 2.39 bits per heavy atom. The number of anilines is 1. The Bertz CT molecular complexity index is 512. The van der Waals surface area contributed by atoms with Crippen molar-refractivity contribution in [3.8, 4) is 0 Å². The zero-order valence-electron chi connectivity index (χ0n) is 10.7. The van der Waals surface area contributed by atoms with E-state index in [1.807, 2.05) is 39.0 Å². The molecule has 0 aromatic heterocycles. The van der Waals surface area contributed by atoms with Gasteiger partial charge in [-0.1, -0.05) is 26.0 Å². The zero-order chi connectivity index (χ0) is 13.5. The third-order valence-corrected chi connectivity index (χ3v) is 4.50. The molecule has 3 nitrogen and oxygen atoms in total. The largest absolute Gasteiger partial charge is 0.274 e. The quantitative estimate of drug-likeness (QED) is 0.785. The van der Waals surface area contributed by atoms with Crippen LogP contribution in [-0.2, 0) is 9.59 Å². The summed E-state index contributed by atoms with van der Waals surface area (Å²) in [5.74, 6) is -0.0843. The summed E-state index contributed by atoms with van der Waals surface area (Å²) in [5.41, 5.74) is 0.0451. The Morgan fingerprint density at radius 2 is 1.89 bits per heavy atom. The Balaban J connectivity index is 2.46. The van der Waals surface area contributed by atoms with E-state index < -0.39 is 5.41 Å². The van der Waals surface area contributed by atoms with Gasteiger partial charge in [-0.15, -0.1) is 0 Å². The molecule has 18 heavy (non-hydrogen) atoms. The molecule has 0 saturated carbocycles. The van der Waals surface area contributed by atoms with Crippen LogP contribution >= 0.6 is 15.9 Å². The first-order valence-corrected chi connectivity index (χ1v) is 6.79. The topological polar surface area (TPSA) is 37.4 Å². The lowest BCUT2D eigenvalue weighted by Crippen LogP contribution is -2.37. The van der Waals surface area contributed by atoms with Crippen molar-refractivity contribution in [2.45, 2.75) is 27.2 Å². The fraction of sp³-hybridized carbons (Fsp3) is 0.429. The van der Waals surface area contributed by atoms with E-state index in [0.29, 0.717) is 5.69 Å². The van der Waals surface area contributed by atoms with E-state index in [9.17, 15) is 9.59 Å². The van der Waals surface area contributed by atoms with Gasteiger partial charge in [0.25, 0.3) is 0 Å². The van der Waals surface area contributed by atoms with Crippen molar-refractivity contribution in [1.29, 1.82) is 0 Å². The van der Waals surface area contributed by atoms with Crippen molar-refractivity contribution < 1.29 is 9.59 Å². The highest BCUT2D eigenvalue weighted by Gasteiger charge is 2.50. The third-order valence-electron chi connectivity index (χ3n) is 3.83. The average Bonchev–Trinajstić information content (AvgIpc) is 2.53. The fourth-order valence-electron chi connectivity index (χ4n) is 2.17. The smallest absolute Gasteiger partial charge is 0.240 e. The number of rotatable bonds is 2. The van der Waals surface area contributed by atoms with Crippen LogP contribution in [-0.4, -0.2) is 11.8 Å². The maximum atomic E-state index is 12.5. The van der Waals surface area contributed by atoms with Crippen molar-refractivity contribution in [1.82, 2.24) is 0 Å². The summed E-state index contributed by atoms with van der Waals surface area (Å²) in [6.07, 6.45) is 0.283. The minimum Gasteiger partial charge on any atom is -0.274 e. The predicted molar refractivity (Wildman–Crippen MR) is 74.2 cm³/mol. The minimum absolute atomic E-state index is 0.102. The lowest BCUT2D eigenvalue weighted by atomic mass is 9.78. The highest BCUT2D eigenvalue weighted by atomic mass is 79.9. The number of benzene rings is 1. The van der Waals surface area contributed by atoms with Crippen LogP contribution in [0.25, 0.3) is 0 Å². The second-order valence-electron chi connectivity index (χ2n) is 5.23. The summed E-state index contributed by atoms with van der Waals surface area (Å²) in [5, 5.41) is 0. The van der Waals surface area contributed by atoms with Gasteiger partial charge in [0, 0.05) is 10.9 Å². The molecule has 96 valence electrons. The molecule has 0 aliphatic carbocycles. The third kappa shape index (κ3) is 1.88. The second kappa shape index (κ2) is 4.50. The summed E-state index contributed by atoms with van der Waals surface area (Å²) in [7, 11) is 0. The highest BCUT2D eigenvalue weighted by Crippen LogP contribution is 2.42. The molecule has 1 aromatic rings. The molecule has 1 heterocycles. The van der Waals surface area contributed by atoms with Gasteiger partial charge in [0.05, 0.1) is 11.1 Å². The molecule has 1 aliphatic rings. The summed E-state index contributed by atoms with van der Waals surface area (Å²) in [6.45, 7) is 5.83. The van der Waals surface area contributed by atoms with Gasteiger partial charge in [0.15, 0.2) is 0 Å². The molecule has 1 unspecified atom stereocenters. The molecule has 1 aromatic carbocycles. The molecule has 2 amide bonds. The maximum Gasteiger partial charge on any atom is 0.240 e. The number of hydrogen-bond donors (Lipinski definition) is 0. The van der Waals surface area contributed by atoms with Crippen LogP contribution in [0.4, 0.5) is 5.69 Å². The van der Waals surface area contributed by atoms with E-state index in [1.54, 1.807) is 6.07 Å². The molecule has 0 bridgehead atoms. The first-order chi connectivity index (χ1) is 8.38. The van der Waals surface area contributed by atoms with Gasteiger partial charge in [0.2, 0.25) is 11.8 Å². The number of hydrogen-bond acceptors (Lipinski definition) is 2. The number of imide groups is 1. The second-order valence-corrected chi connectivity index (χ2v) is 6.09. The van der Waals surface area contributed by atoms with E-state index in [0.717, 1.165) is 4.47 Å². The van der Waals surface area contributed by atoms with Crippen LogP contribution < -0.4 is 4.90 Å². The molecule has 1 saturated heterocycles. The molecular weight excluding hydrogens is 294 g/mol. The van der Waals surface area contributed by atoms with Gasteiger partial charge in [-0.3, -0.25) is 9.59 Å². The lowest BCUT2D eigenvalue weighted by Gasteiger charge is -2.26. The van der Waals surface area contributed by atoms with Gasteiger partial charge in [0.1, 0.15) is 0 Å². The van der Waals surface area contributed by atoms with E-state index >= 15 is 0 Å². The molecule has 2 rings (SSSR count). The van der Waals surface area contributed by atoms with Crippen molar-refractivity contribution in [3.63, 3.8) is 0 Å². The summed E-state index contributed by atoms with van der Waals surface area (Å²) < 4.78 is 0.764. The van der Waals surface area contributed by atoms with E-state index in [2.05, 4.69) is 15.9 Å². The average molecular weight is 310 g/mol. The predicted octanol–water partition coefficient (Wildman–Crippen LogP) is 3.37. The standard InChI is InChI=1S/C14H16BrNO2/c1-9(2)14(3)8-12(17)16(13(14)18)11-7-5-4-6-10(11)15/h4-7,9H,8H2,1-3H3. The Labute approximate surface area is 115 Å². The molecule has 1 fully saturated rings. The number of para-hydroxylation sites is 1. The summed E-state index contributed by atoms with van der Waals surface area (Å²) in [6, 6.07) is 7.30. The first kappa shape index (κ1) is 13.3. The van der Waals surface area contributed by atoms with E-state index in [-0.39, 0.29) is 24.2 Å². The van der Waals surface area contributed by atoms with Crippen molar-refractivity contribution >= 4 is 33.4 Å². The lowest BCUT2D eigenvalue weighted by molar-refractivity contribution is -0.126. The maximum absolute atomic E-state index is 12.5. The van der Waals surface area contributed by atoms with Crippen LogP contribution in [0.3, 0.4) is 0 Å². The van der Waals surface area contributed by atoms with Crippen LogP contribution in [0, 0.1) is 11.3 Å². The Hall–Kier alpha value is -1.16. The minimum atomic E-state index is -0.591. The molecule has 1 atom stereocenters.